The van der Waals surface area contributed by atoms with Crippen LogP contribution >= 0.6 is 22.6 Å². The molecule has 1 aliphatic heterocycles. The standard InChI is InChI=1S/C18H17FINO/c1-11(22)15-9-16-13(10-20)5-3-7-17(16)21-18(15)12-4-2-6-14(19)8-12/h2-9,11,17,21-22H,10H2,1H3. The van der Waals surface area contributed by atoms with Crippen LogP contribution in [0.3, 0.4) is 0 Å². The zero-order valence-electron chi connectivity index (χ0n) is 12.2. The van der Waals surface area contributed by atoms with E-state index in [0.29, 0.717) is 0 Å². The third kappa shape index (κ3) is 2.90. The number of aliphatic hydroxyl groups excluding tert-OH is 1. The summed E-state index contributed by atoms with van der Waals surface area (Å²) in [4.78, 5) is 0. The second-order valence-corrected chi connectivity index (χ2v) is 6.21. The van der Waals surface area contributed by atoms with Gasteiger partial charge in [-0.2, -0.15) is 0 Å². The molecule has 0 saturated carbocycles. The molecule has 0 amide bonds. The van der Waals surface area contributed by atoms with Crippen LogP contribution in [0.25, 0.3) is 5.70 Å². The fourth-order valence-corrected chi connectivity index (χ4v) is 3.51. The van der Waals surface area contributed by atoms with Crippen molar-refractivity contribution in [3.63, 3.8) is 0 Å². The van der Waals surface area contributed by atoms with Crippen LogP contribution in [0.5, 0.6) is 0 Å². The summed E-state index contributed by atoms with van der Waals surface area (Å²) < 4.78 is 14.5. The van der Waals surface area contributed by atoms with E-state index in [1.54, 1.807) is 13.0 Å². The number of aliphatic hydroxyl groups is 1. The summed E-state index contributed by atoms with van der Waals surface area (Å²) in [5, 5.41) is 13.6. The normalized spacial score (nSPS) is 21.7. The molecule has 3 rings (SSSR count). The largest absolute Gasteiger partial charge is 0.389 e. The lowest BCUT2D eigenvalue weighted by Crippen LogP contribution is -2.35. The van der Waals surface area contributed by atoms with E-state index in [-0.39, 0.29) is 11.9 Å². The van der Waals surface area contributed by atoms with Crippen LogP contribution < -0.4 is 5.32 Å². The number of benzene rings is 1. The summed E-state index contributed by atoms with van der Waals surface area (Å²) in [6, 6.07) is 6.52. The minimum atomic E-state index is -0.624. The van der Waals surface area contributed by atoms with Gasteiger partial charge in [-0.1, -0.05) is 53.0 Å². The molecule has 22 heavy (non-hydrogen) atoms. The van der Waals surface area contributed by atoms with E-state index < -0.39 is 6.10 Å². The SMILES string of the molecule is CC(O)C1=C(c2cccc(F)c2)NC2C=CC=C(CI)C2=C1. The van der Waals surface area contributed by atoms with E-state index in [1.165, 1.54) is 23.3 Å². The predicted octanol–water partition coefficient (Wildman–Crippen LogP) is 3.75. The quantitative estimate of drug-likeness (QED) is 0.589. The molecule has 0 aromatic heterocycles. The molecule has 2 aliphatic rings. The first kappa shape index (κ1) is 15.5. The lowest BCUT2D eigenvalue weighted by Gasteiger charge is -2.32. The number of hydrogen-bond donors (Lipinski definition) is 2. The Hall–Kier alpha value is -1.40. The van der Waals surface area contributed by atoms with Crippen molar-refractivity contribution in [2.24, 2.45) is 0 Å². The average Bonchev–Trinajstić information content (AvgIpc) is 2.52. The van der Waals surface area contributed by atoms with E-state index in [0.717, 1.165) is 21.3 Å². The highest BCUT2D eigenvalue weighted by atomic mass is 127. The Kier molecular flexibility index (Phi) is 4.49. The first-order valence-corrected chi connectivity index (χ1v) is 8.72. The van der Waals surface area contributed by atoms with Crippen molar-refractivity contribution in [3.05, 3.63) is 76.7 Å². The van der Waals surface area contributed by atoms with Gasteiger partial charge in [-0.15, -0.1) is 0 Å². The van der Waals surface area contributed by atoms with Crippen LogP contribution in [0.15, 0.2) is 65.3 Å². The van der Waals surface area contributed by atoms with Crippen LogP contribution in [-0.2, 0) is 0 Å². The molecule has 2 unspecified atom stereocenters. The highest BCUT2D eigenvalue weighted by Crippen LogP contribution is 2.33. The number of hydrogen-bond acceptors (Lipinski definition) is 2. The van der Waals surface area contributed by atoms with E-state index >= 15 is 0 Å². The maximum absolute atomic E-state index is 13.5. The topological polar surface area (TPSA) is 32.3 Å². The van der Waals surface area contributed by atoms with E-state index in [2.05, 4.69) is 40.1 Å². The number of dihydropyridines is 1. The molecule has 1 aromatic rings. The lowest BCUT2D eigenvalue weighted by atomic mass is 9.86. The number of alkyl halides is 1. The zero-order chi connectivity index (χ0) is 15.7. The minimum Gasteiger partial charge on any atom is -0.389 e. The Bertz CT molecular complexity index is 716. The molecule has 2 atom stereocenters. The molecule has 1 heterocycles. The predicted molar refractivity (Wildman–Crippen MR) is 96.1 cm³/mol. The van der Waals surface area contributed by atoms with E-state index in [4.69, 9.17) is 0 Å². The summed E-state index contributed by atoms with van der Waals surface area (Å²) in [6.07, 6.45) is 7.64. The lowest BCUT2D eigenvalue weighted by molar-refractivity contribution is 0.235. The van der Waals surface area contributed by atoms with Crippen molar-refractivity contribution < 1.29 is 9.50 Å². The monoisotopic (exact) mass is 409 g/mol. The molecule has 0 fully saturated rings. The van der Waals surface area contributed by atoms with Gasteiger partial charge in [0.15, 0.2) is 0 Å². The molecule has 0 saturated heterocycles. The zero-order valence-corrected chi connectivity index (χ0v) is 14.3. The Morgan fingerprint density at radius 3 is 2.91 bits per heavy atom. The molecular weight excluding hydrogens is 392 g/mol. The maximum Gasteiger partial charge on any atom is 0.123 e. The maximum atomic E-state index is 13.5. The van der Waals surface area contributed by atoms with Crippen LogP contribution in [0.1, 0.15) is 12.5 Å². The van der Waals surface area contributed by atoms with Crippen LogP contribution in [0.4, 0.5) is 4.39 Å². The van der Waals surface area contributed by atoms with E-state index in [1.807, 2.05) is 18.2 Å². The number of allylic oxidation sites excluding steroid dienone is 2. The number of nitrogens with one attached hydrogen (secondary N) is 1. The molecule has 2 N–H and O–H groups in total. The van der Waals surface area contributed by atoms with Crippen molar-refractivity contribution in [3.8, 4) is 0 Å². The summed E-state index contributed by atoms with van der Waals surface area (Å²) >= 11 is 2.34. The highest BCUT2D eigenvalue weighted by Gasteiger charge is 2.26. The molecule has 1 aromatic carbocycles. The molecule has 0 radical (unpaired) electrons. The van der Waals surface area contributed by atoms with Gasteiger partial charge in [0.05, 0.1) is 12.1 Å². The third-order valence-electron chi connectivity index (χ3n) is 3.91. The summed E-state index contributed by atoms with van der Waals surface area (Å²) in [5.41, 5.74) is 4.76. The molecule has 114 valence electrons. The van der Waals surface area contributed by atoms with Gasteiger partial charge in [0.1, 0.15) is 5.82 Å². The van der Waals surface area contributed by atoms with Gasteiger partial charge in [0.25, 0.3) is 0 Å². The van der Waals surface area contributed by atoms with Crippen LogP contribution in [0.2, 0.25) is 0 Å². The number of halogens is 2. The van der Waals surface area contributed by atoms with E-state index in [9.17, 15) is 9.50 Å². The second-order valence-electron chi connectivity index (χ2n) is 5.45. The fourth-order valence-electron chi connectivity index (χ4n) is 2.81. The number of fused-ring (bicyclic) bond motifs is 1. The molecule has 0 bridgehead atoms. The fraction of sp³-hybridized carbons (Fsp3) is 0.222. The van der Waals surface area contributed by atoms with Gasteiger partial charge < -0.3 is 10.4 Å². The Balaban J connectivity index is 2.12. The van der Waals surface area contributed by atoms with Gasteiger partial charge in [0, 0.05) is 21.3 Å². The van der Waals surface area contributed by atoms with Crippen molar-refractivity contribution >= 4 is 28.3 Å². The summed E-state index contributed by atoms with van der Waals surface area (Å²) in [5.74, 6) is -0.279. The Labute approximate surface area is 143 Å². The number of rotatable bonds is 3. The smallest absolute Gasteiger partial charge is 0.123 e. The molecule has 4 heteroatoms. The summed E-state index contributed by atoms with van der Waals surface area (Å²) in [6.45, 7) is 1.74. The first-order valence-electron chi connectivity index (χ1n) is 7.20. The van der Waals surface area contributed by atoms with Crippen molar-refractivity contribution in [1.82, 2.24) is 5.32 Å². The van der Waals surface area contributed by atoms with Crippen molar-refractivity contribution in [2.75, 3.05) is 4.43 Å². The van der Waals surface area contributed by atoms with Crippen LogP contribution in [0, 0.1) is 5.82 Å². The van der Waals surface area contributed by atoms with Gasteiger partial charge in [-0.05, 0) is 36.3 Å². The second kappa shape index (κ2) is 6.38. The molecular formula is C18H17FINO. The van der Waals surface area contributed by atoms with Gasteiger partial charge >= 0.3 is 0 Å². The third-order valence-corrected chi connectivity index (χ3v) is 4.74. The first-order chi connectivity index (χ1) is 10.6. The van der Waals surface area contributed by atoms with Gasteiger partial charge in [-0.3, -0.25) is 0 Å². The minimum absolute atomic E-state index is 0.0653. The van der Waals surface area contributed by atoms with Gasteiger partial charge in [-0.25, -0.2) is 4.39 Å². The van der Waals surface area contributed by atoms with Gasteiger partial charge in [0.2, 0.25) is 0 Å². The average molecular weight is 409 g/mol. The Morgan fingerprint density at radius 2 is 2.23 bits per heavy atom. The van der Waals surface area contributed by atoms with Crippen molar-refractivity contribution in [2.45, 2.75) is 19.1 Å². The highest BCUT2D eigenvalue weighted by molar-refractivity contribution is 14.1. The van der Waals surface area contributed by atoms with Crippen molar-refractivity contribution in [1.29, 1.82) is 0 Å². The molecule has 2 nitrogen and oxygen atoms in total. The van der Waals surface area contributed by atoms with Crippen LogP contribution in [-0.4, -0.2) is 21.7 Å². The summed E-state index contributed by atoms with van der Waals surface area (Å²) in [7, 11) is 0. The molecule has 1 aliphatic carbocycles. The molecule has 0 spiro atoms. The Morgan fingerprint density at radius 1 is 1.41 bits per heavy atom.